The normalized spacial score (nSPS) is 11.5. The zero-order chi connectivity index (χ0) is 28.0. The largest absolute Gasteiger partial charge is 0.478 e. The number of carboxylic acid groups (broad SMARTS) is 1. The predicted molar refractivity (Wildman–Crippen MR) is 158 cm³/mol. The Kier molecular flexibility index (Phi) is 9.22. The van der Waals surface area contributed by atoms with Gasteiger partial charge in [-0.05, 0) is 98.1 Å². The van der Waals surface area contributed by atoms with Gasteiger partial charge in [-0.15, -0.1) is 0 Å². The highest BCUT2D eigenvalue weighted by molar-refractivity contribution is 7.97. The minimum Gasteiger partial charge on any atom is -0.478 e. The highest BCUT2D eigenvalue weighted by Gasteiger charge is 2.30. The first kappa shape index (κ1) is 28.5. The van der Waals surface area contributed by atoms with Crippen LogP contribution >= 0.6 is 23.5 Å². The zero-order valence-electron chi connectivity index (χ0n) is 22.5. The number of rotatable bonds is 11. The van der Waals surface area contributed by atoms with Crippen molar-refractivity contribution in [2.24, 2.45) is 0 Å². The molecule has 4 aromatic rings. The second-order valence-electron chi connectivity index (χ2n) is 9.77. The lowest BCUT2D eigenvalue weighted by atomic mass is 9.90. The van der Waals surface area contributed by atoms with Crippen molar-refractivity contribution in [2.45, 2.75) is 44.6 Å². The van der Waals surface area contributed by atoms with Crippen molar-refractivity contribution in [3.8, 4) is 11.1 Å². The maximum Gasteiger partial charge on any atom is 0.338 e. The van der Waals surface area contributed by atoms with E-state index >= 15 is 0 Å². The van der Waals surface area contributed by atoms with Crippen LogP contribution < -0.4 is 5.32 Å². The average Bonchev–Trinajstić information content (AvgIpc) is 2.93. The van der Waals surface area contributed by atoms with Crippen LogP contribution in [0.1, 0.15) is 47.3 Å². The molecule has 2 heterocycles. The number of aromatic carboxylic acids is 1. The minimum absolute atomic E-state index is 0.0611. The summed E-state index contributed by atoms with van der Waals surface area (Å²) in [5, 5.41) is 13.0. The van der Waals surface area contributed by atoms with Crippen LogP contribution in [-0.4, -0.2) is 43.4 Å². The first-order chi connectivity index (χ1) is 18.7. The second kappa shape index (κ2) is 12.6. The molecule has 0 aliphatic carbocycles. The smallest absolute Gasteiger partial charge is 0.338 e. The number of nitrogens with zero attached hydrogens (tertiary/aromatic N) is 4. The lowest BCUT2D eigenvalue weighted by Crippen LogP contribution is -2.38. The number of benzene rings is 2. The van der Waals surface area contributed by atoms with Crippen molar-refractivity contribution >= 4 is 35.5 Å². The molecule has 0 aliphatic rings. The molecule has 0 atom stereocenters. The van der Waals surface area contributed by atoms with E-state index in [2.05, 4.69) is 81.7 Å². The quantitative estimate of drug-likeness (QED) is 0.146. The monoisotopic (exact) mass is 561 g/mol. The summed E-state index contributed by atoms with van der Waals surface area (Å²) in [6.45, 7) is 9.99. The van der Waals surface area contributed by atoms with Gasteiger partial charge in [-0.2, -0.15) is 0 Å². The number of nitrogens with one attached hydrogen (secondary N) is 1. The number of halogens is 1. The highest BCUT2D eigenvalue weighted by Crippen LogP contribution is 2.40. The van der Waals surface area contributed by atoms with Crippen molar-refractivity contribution in [1.29, 1.82) is 0 Å². The van der Waals surface area contributed by atoms with Gasteiger partial charge in [0.05, 0.1) is 11.1 Å². The van der Waals surface area contributed by atoms with Crippen LogP contribution in [-0.2, 0) is 5.54 Å². The van der Waals surface area contributed by atoms with E-state index in [1.54, 1.807) is 11.9 Å². The molecule has 2 aromatic heterocycles. The molecule has 0 bridgehead atoms. The number of hydrogen-bond donors (Lipinski definition) is 2. The van der Waals surface area contributed by atoms with Gasteiger partial charge < -0.3 is 10.4 Å². The molecule has 2 N–H and O–H groups in total. The molecule has 0 amide bonds. The average molecular weight is 562 g/mol. The van der Waals surface area contributed by atoms with Gasteiger partial charge in [0.2, 0.25) is 5.95 Å². The third-order valence-corrected chi connectivity index (χ3v) is 8.58. The molecule has 0 aliphatic heterocycles. The number of anilines is 1. The van der Waals surface area contributed by atoms with Crippen LogP contribution in [0, 0.1) is 13.8 Å². The molecule has 0 saturated carbocycles. The van der Waals surface area contributed by atoms with Crippen LogP contribution in [0.15, 0.2) is 78.2 Å². The summed E-state index contributed by atoms with van der Waals surface area (Å²) in [6.07, 6.45) is 7.15. The van der Waals surface area contributed by atoms with Gasteiger partial charge in [0, 0.05) is 47.8 Å². The van der Waals surface area contributed by atoms with Crippen molar-refractivity contribution < 1.29 is 9.90 Å². The molecule has 9 heteroatoms. The summed E-state index contributed by atoms with van der Waals surface area (Å²) in [7, 11) is 0. The second-order valence-corrected chi connectivity index (χ2v) is 11.2. The van der Waals surface area contributed by atoms with Crippen LogP contribution in [0.25, 0.3) is 11.1 Å². The van der Waals surface area contributed by atoms with Gasteiger partial charge >= 0.3 is 5.97 Å². The van der Waals surface area contributed by atoms with Crippen molar-refractivity contribution in [3.63, 3.8) is 0 Å². The standard InChI is InChI=1S/C30H32ClN5O2S/c1-20-17-32-14-12-25(20)22-8-5-9-24(16-22)30(3,4)36(39-27-11-6-10-26(31)21(27)2)15-7-13-33-29-34-18-23(19-35-29)28(37)38/h5-6,8-12,14,16-19H,7,13,15H2,1-4H3,(H,37,38)(H,33,34,35). The molecule has 2 aromatic carbocycles. The molecule has 0 radical (unpaired) electrons. The van der Waals surface area contributed by atoms with E-state index in [0.717, 1.165) is 39.6 Å². The fraction of sp³-hybridized carbons (Fsp3) is 0.267. The number of aryl methyl sites for hydroxylation is 1. The van der Waals surface area contributed by atoms with E-state index in [4.69, 9.17) is 16.7 Å². The third-order valence-electron chi connectivity index (χ3n) is 6.67. The Bertz CT molecular complexity index is 1450. The Labute approximate surface area is 238 Å². The van der Waals surface area contributed by atoms with Gasteiger partial charge in [0.15, 0.2) is 0 Å². The maximum absolute atomic E-state index is 11.1. The van der Waals surface area contributed by atoms with Gasteiger partial charge in [-0.25, -0.2) is 19.1 Å². The van der Waals surface area contributed by atoms with Crippen LogP contribution in [0.5, 0.6) is 0 Å². The number of aromatic nitrogens is 3. The number of pyridine rings is 1. The molecule has 7 nitrogen and oxygen atoms in total. The summed E-state index contributed by atoms with van der Waals surface area (Å²) >= 11 is 8.16. The maximum atomic E-state index is 11.1. The Morgan fingerprint density at radius 2 is 1.82 bits per heavy atom. The lowest BCUT2D eigenvalue weighted by Gasteiger charge is -2.38. The van der Waals surface area contributed by atoms with Crippen molar-refractivity contribution in [3.05, 3.63) is 101 Å². The van der Waals surface area contributed by atoms with Gasteiger partial charge in [-0.1, -0.05) is 35.9 Å². The summed E-state index contributed by atoms with van der Waals surface area (Å²) in [4.78, 5) is 24.6. The summed E-state index contributed by atoms with van der Waals surface area (Å²) < 4.78 is 2.39. The van der Waals surface area contributed by atoms with E-state index in [-0.39, 0.29) is 11.1 Å². The van der Waals surface area contributed by atoms with E-state index in [0.29, 0.717) is 12.5 Å². The Hall–Kier alpha value is -3.46. The van der Waals surface area contributed by atoms with Gasteiger partial charge in [-0.3, -0.25) is 4.98 Å². The highest BCUT2D eigenvalue weighted by atomic mass is 35.5. The molecule has 202 valence electrons. The first-order valence-electron chi connectivity index (χ1n) is 12.7. The number of carbonyl (C=O) groups is 1. The third kappa shape index (κ3) is 6.95. The molecule has 0 unspecified atom stereocenters. The molecular weight excluding hydrogens is 530 g/mol. The zero-order valence-corrected chi connectivity index (χ0v) is 24.1. The summed E-state index contributed by atoms with van der Waals surface area (Å²) in [5.74, 6) is -0.638. The predicted octanol–water partition coefficient (Wildman–Crippen LogP) is 7.25. The molecule has 4 rings (SSSR count). The summed E-state index contributed by atoms with van der Waals surface area (Å²) in [5.41, 5.74) is 5.46. The van der Waals surface area contributed by atoms with Crippen molar-refractivity contribution in [1.82, 2.24) is 19.3 Å². The first-order valence-corrected chi connectivity index (χ1v) is 13.8. The van der Waals surface area contributed by atoms with Gasteiger partial charge in [0.25, 0.3) is 0 Å². The summed E-state index contributed by atoms with van der Waals surface area (Å²) in [6, 6.07) is 16.7. The van der Waals surface area contributed by atoms with Crippen LogP contribution in [0.4, 0.5) is 5.95 Å². The van der Waals surface area contributed by atoms with Gasteiger partial charge in [0.1, 0.15) is 0 Å². The van der Waals surface area contributed by atoms with E-state index < -0.39 is 5.97 Å². The molecule has 39 heavy (non-hydrogen) atoms. The molecule has 0 saturated heterocycles. The minimum atomic E-state index is -1.05. The molecule has 0 spiro atoms. The van der Waals surface area contributed by atoms with Crippen LogP contribution in [0.3, 0.4) is 0 Å². The SMILES string of the molecule is Cc1cnccc1-c1cccc(C(C)(C)N(CCCNc2ncc(C(=O)O)cn2)Sc2cccc(Cl)c2C)c1. The Balaban J connectivity index is 1.56. The Morgan fingerprint density at radius 3 is 2.54 bits per heavy atom. The van der Waals surface area contributed by atoms with Crippen molar-refractivity contribution in [2.75, 3.05) is 18.4 Å². The number of carboxylic acids is 1. The fourth-order valence-corrected chi connectivity index (χ4v) is 5.61. The van der Waals surface area contributed by atoms with E-state index in [1.165, 1.54) is 23.5 Å². The Morgan fingerprint density at radius 1 is 1.08 bits per heavy atom. The lowest BCUT2D eigenvalue weighted by molar-refractivity contribution is 0.0696. The van der Waals surface area contributed by atoms with E-state index in [9.17, 15) is 4.79 Å². The topological polar surface area (TPSA) is 91.2 Å². The van der Waals surface area contributed by atoms with Crippen LogP contribution in [0.2, 0.25) is 5.02 Å². The number of hydrogen-bond acceptors (Lipinski definition) is 7. The molecular formula is C30H32ClN5O2S. The molecule has 0 fully saturated rings. The van der Waals surface area contributed by atoms with E-state index in [1.807, 2.05) is 31.5 Å². The fourth-order valence-electron chi connectivity index (χ4n) is 4.21.